The van der Waals surface area contributed by atoms with Crippen molar-refractivity contribution in [2.24, 2.45) is 0 Å². The summed E-state index contributed by atoms with van der Waals surface area (Å²) < 4.78 is 11.7. The van der Waals surface area contributed by atoms with Crippen molar-refractivity contribution >= 4 is 71.6 Å². The van der Waals surface area contributed by atoms with Crippen molar-refractivity contribution in [2.45, 2.75) is 0 Å². The smallest absolute Gasteiger partial charge is 0.271 e. The standard InChI is InChI=1S/C26H14BrN5O4.C2H6OS/c27-15-7-5-14(6-8-15)24(33)22-12-18(25(34)19-13-28-20-4-2-1-3-17(19)20)26-29-21-10-9-16(32(35)36)11-23(21)31(26)30-22;1-4(2)3/h1-13,28H;1-2H3. The highest BCUT2D eigenvalue weighted by molar-refractivity contribution is 9.10. The summed E-state index contributed by atoms with van der Waals surface area (Å²) in [6.07, 6.45) is 4.90. The number of benzene rings is 3. The average Bonchev–Trinajstić information content (AvgIpc) is 3.53. The lowest BCUT2D eigenvalue weighted by Gasteiger charge is -2.07. The van der Waals surface area contributed by atoms with E-state index < -0.39 is 21.5 Å². The van der Waals surface area contributed by atoms with Gasteiger partial charge in [-0.25, -0.2) is 9.50 Å². The van der Waals surface area contributed by atoms with Gasteiger partial charge in [-0.15, -0.1) is 0 Å². The molecule has 6 aromatic rings. The maximum atomic E-state index is 13.8. The van der Waals surface area contributed by atoms with Crippen LogP contribution in [0.1, 0.15) is 32.0 Å². The van der Waals surface area contributed by atoms with Crippen molar-refractivity contribution in [2.75, 3.05) is 12.5 Å². The highest BCUT2D eigenvalue weighted by Gasteiger charge is 2.24. The molecular formula is C28H20BrN5O5S. The number of halogens is 1. The number of nitrogens with zero attached hydrogens (tertiary/aromatic N) is 4. The molecule has 0 aliphatic rings. The summed E-state index contributed by atoms with van der Waals surface area (Å²) in [7, 11) is -0.611. The maximum absolute atomic E-state index is 13.8. The van der Waals surface area contributed by atoms with E-state index in [9.17, 15) is 23.9 Å². The Morgan fingerprint density at radius 2 is 1.68 bits per heavy atom. The number of nitro groups is 1. The number of non-ortho nitro benzene ring substituents is 1. The average molecular weight is 618 g/mol. The van der Waals surface area contributed by atoms with Crippen LogP contribution in [0.2, 0.25) is 0 Å². The molecule has 1 N–H and O–H groups in total. The number of carbonyl (C=O) groups is 2. The Balaban J connectivity index is 0.000000758. The van der Waals surface area contributed by atoms with E-state index in [1.54, 1.807) is 43.0 Å². The number of imidazole rings is 1. The zero-order valence-electron chi connectivity index (χ0n) is 21.1. The van der Waals surface area contributed by atoms with Crippen molar-refractivity contribution in [1.29, 1.82) is 0 Å². The Labute approximate surface area is 237 Å². The minimum Gasteiger partial charge on any atom is -0.360 e. The summed E-state index contributed by atoms with van der Waals surface area (Å²) >= 11 is 3.35. The van der Waals surface area contributed by atoms with E-state index in [0.717, 1.165) is 15.4 Å². The van der Waals surface area contributed by atoms with Crippen molar-refractivity contribution in [1.82, 2.24) is 19.6 Å². The van der Waals surface area contributed by atoms with E-state index >= 15 is 0 Å². The summed E-state index contributed by atoms with van der Waals surface area (Å²) in [5.41, 5.74) is 2.54. The van der Waals surface area contributed by atoms with Crippen LogP contribution in [0.15, 0.2) is 83.5 Å². The quantitative estimate of drug-likeness (QED) is 0.153. The molecule has 12 heteroatoms. The number of fused-ring (bicyclic) bond motifs is 4. The van der Waals surface area contributed by atoms with Crippen molar-refractivity contribution in [3.8, 4) is 0 Å². The number of ketones is 2. The zero-order valence-corrected chi connectivity index (χ0v) is 23.5. The molecule has 0 bridgehead atoms. The fraction of sp³-hybridized carbons (Fsp3) is 0.0714. The first-order chi connectivity index (χ1) is 19.1. The predicted molar refractivity (Wildman–Crippen MR) is 156 cm³/mol. The lowest BCUT2D eigenvalue weighted by Crippen LogP contribution is -2.12. The van der Waals surface area contributed by atoms with Crippen LogP contribution in [0.25, 0.3) is 27.6 Å². The van der Waals surface area contributed by atoms with Crippen LogP contribution in [-0.4, -0.2) is 52.8 Å². The second-order valence-electron chi connectivity index (χ2n) is 8.88. The summed E-state index contributed by atoms with van der Waals surface area (Å²) in [5.74, 6) is -0.751. The SMILES string of the molecule is CS(C)=O.O=C(c1ccc(Br)cc1)c1cc(C(=O)c2c[nH]c3ccccc23)c2nc3ccc([N+](=O)[O-])cc3n2n1. The number of rotatable bonds is 5. The lowest BCUT2D eigenvalue weighted by molar-refractivity contribution is -0.384. The van der Waals surface area contributed by atoms with Crippen LogP contribution in [-0.2, 0) is 10.8 Å². The van der Waals surface area contributed by atoms with Crippen molar-refractivity contribution < 1.29 is 18.7 Å². The number of carbonyl (C=O) groups excluding carboxylic acids is 2. The first-order valence-corrected chi connectivity index (χ1v) is 14.5. The molecule has 0 unspecified atom stereocenters. The topological polar surface area (TPSA) is 140 Å². The van der Waals surface area contributed by atoms with E-state index in [-0.39, 0.29) is 28.4 Å². The molecule has 0 aliphatic heterocycles. The van der Waals surface area contributed by atoms with Gasteiger partial charge in [0.15, 0.2) is 11.4 Å². The number of hydrogen-bond donors (Lipinski definition) is 1. The fourth-order valence-corrected chi connectivity index (χ4v) is 4.47. The molecule has 0 atom stereocenters. The first-order valence-electron chi connectivity index (χ1n) is 11.8. The molecular weight excluding hydrogens is 598 g/mol. The van der Waals surface area contributed by atoms with Crippen LogP contribution >= 0.6 is 15.9 Å². The van der Waals surface area contributed by atoms with Crippen LogP contribution in [0, 0.1) is 10.1 Å². The number of H-pyrrole nitrogens is 1. The molecule has 0 radical (unpaired) electrons. The molecule has 0 amide bonds. The first kappa shape index (κ1) is 27.0. The normalized spacial score (nSPS) is 11.1. The number of aromatic amines is 1. The van der Waals surface area contributed by atoms with E-state index in [1.807, 2.05) is 24.3 Å². The molecule has 0 aliphatic carbocycles. The summed E-state index contributed by atoms with van der Waals surface area (Å²) in [6, 6.07) is 19.8. The van der Waals surface area contributed by atoms with Crippen LogP contribution in [0.3, 0.4) is 0 Å². The molecule has 0 saturated heterocycles. The second kappa shape index (κ2) is 10.9. The van der Waals surface area contributed by atoms with E-state index in [4.69, 9.17) is 0 Å². The van der Waals surface area contributed by atoms with Crippen LogP contribution in [0.4, 0.5) is 5.69 Å². The monoisotopic (exact) mass is 617 g/mol. The highest BCUT2D eigenvalue weighted by Crippen LogP contribution is 2.27. The minimum atomic E-state index is -0.611. The van der Waals surface area contributed by atoms with Gasteiger partial charge in [-0.2, -0.15) is 5.10 Å². The third kappa shape index (κ3) is 5.18. The molecule has 0 saturated carbocycles. The van der Waals surface area contributed by atoms with Gasteiger partial charge >= 0.3 is 0 Å². The zero-order chi connectivity index (χ0) is 28.6. The molecule has 40 heavy (non-hydrogen) atoms. The third-order valence-electron chi connectivity index (χ3n) is 5.97. The van der Waals surface area contributed by atoms with Gasteiger partial charge in [0.2, 0.25) is 5.78 Å². The number of nitro benzene ring substituents is 1. The van der Waals surface area contributed by atoms with Crippen LogP contribution < -0.4 is 0 Å². The third-order valence-corrected chi connectivity index (χ3v) is 6.50. The fourth-order valence-electron chi connectivity index (χ4n) is 4.21. The number of hydrogen-bond acceptors (Lipinski definition) is 7. The highest BCUT2D eigenvalue weighted by atomic mass is 79.9. The van der Waals surface area contributed by atoms with E-state index in [0.29, 0.717) is 22.2 Å². The van der Waals surface area contributed by atoms with Crippen LogP contribution in [0.5, 0.6) is 0 Å². The molecule has 200 valence electrons. The summed E-state index contributed by atoms with van der Waals surface area (Å²) in [6.45, 7) is 0. The molecule has 0 spiro atoms. The van der Waals surface area contributed by atoms with Gasteiger partial charge in [-0.3, -0.25) is 23.9 Å². The lowest BCUT2D eigenvalue weighted by atomic mass is 10.0. The molecule has 0 fully saturated rings. The van der Waals surface area contributed by atoms with Crippen molar-refractivity contribution in [3.05, 3.63) is 116 Å². The van der Waals surface area contributed by atoms with Crippen molar-refractivity contribution in [3.63, 3.8) is 0 Å². The molecule has 6 rings (SSSR count). The van der Waals surface area contributed by atoms with Gasteiger partial charge < -0.3 is 4.98 Å². The van der Waals surface area contributed by atoms with Gasteiger partial charge in [0.05, 0.1) is 21.5 Å². The Bertz CT molecular complexity index is 1980. The van der Waals surface area contributed by atoms with E-state index in [2.05, 4.69) is 31.0 Å². The molecule has 10 nitrogen and oxygen atoms in total. The van der Waals surface area contributed by atoms with Gasteiger partial charge in [0.1, 0.15) is 5.69 Å². The number of aromatic nitrogens is 4. The number of para-hydroxylation sites is 1. The van der Waals surface area contributed by atoms with Gasteiger partial charge in [0, 0.05) is 68.1 Å². The summed E-state index contributed by atoms with van der Waals surface area (Å²) in [4.78, 5) is 45.7. The van der Waals surface area contributed by atoms with Gasteiger partial charge in [-0.1, -0.05) is 34.1 Å². The largest absolute Gasteiger partial charge is 0.360 e. The Morgan fingerprint density at radius 1 is 0.975 bits per heavy atom. The summed E-state index contributed by atoms with van der Waals surface area (Å²) in [5, 5.41) is 16.6. The van der Waals surface area contributed by atoms with Gasteiger partial charge in [0.25, 0.3) is 5.69 Å². The maximum Gasteiger partial charge on any atom is 0.271 e. The predicted octanol–water partition coefficient (Wildman–Crippen LogP) is 5.49. The Hall–Kier alpha value is -4.55. The molecule has 3 heterocycles. The molecule has 3 aromatic carbocycles. The van der Waals surface area contributed by atoms with E-state index in [1.165, 1.54) is 28.8 Å². The second-order valence-corrected chi connectivity index (χ2v) is 11.3. The van der Waals surface area contributed by atoms with Gasteiger partial charge in [-0.05, 0) is 42.5 Å². The number of nitrogens with one attached hydrogen (secondary N) is 1. The minimum absolute atomic E-state index is 0.0128. The Kier molecular flexibility index (Phi) is 7.37. The Morgan fingerprint density at radius 3 is 2.38 bits per heavy atom. The molecule has 3 aromatic heterocycles.